The quantitative estimate of drug-likeness (QED) is 0.233. The van der Waals surface area contributed by atoms with Crippen LogP contribution in [0.15, 0.2) is 47.8 Å². The number of carbonyl (C=O) groups is 4. The number of Topliss-reactive ketones (excluding diaryl/α,β-unsaturated/α-hetero) is 1. The molecule has 5 rings (SSSR count). The number of benzene rings is 2. The molecule has 0 N–H and O–H groups in total. The van der Waals surface area contributed by atoms with Gasteiger partial charge in [0.15, 0.2) is 5.78 Å². The Bertz CT molecular complexity index is 1600. The first kappa shape index (κ1) is 35.4. The van der Waals surface area contributed by atoms with Crippen LogP contribution in [0.25, 0.3) is 0 Å². The van der Waals surface area contributed by atoms with Crippen LogP contribution in [0.5, 0.6) is 0 Å². The summed E-state index contributed by atoms with van der Waals surface area (Å²) < 4.78 is 16.4. The van der Waals surface area contributed by atoms with Gasteiger partial charge < -0.3 is 19.1 Å². The third kappa shape index (κ3) is 9.15. The number of ketones is 1. The summed E-state index contributed by atoms with van der Waals surface area (Å²) >= 11 is 1.46. The third-order valence-electron chi connectivity index (χ3n) is 8.99. The Morgan fingerprint density at radius 1 is 0.958 bits per heavy atom. The second-order valence-corrected chi connectivity index (χ2v) is 13.6. The van der Waals surface area contributed by atoms with Crippen LogP contribution in [0.2, 0.25) is 0 Å². The number of ether oxygens (including phenoxy) is 3. The molecule has 2 fully saturated rings. The number of amides is 1. The number of aromatic nitrogens is 1. The molecule has 0 radical (unpaired) electrons. The number of thiazole rings is 1. The topological polar surface area (TPSA) is 115 Å². The molecule has 0 bridgehead atoms. The molecule has 0 aliphatic carbocycles. The standard InChI is InChI=1S/C37H45N3O7S/c1-24-8-5-9-25(2)31(24)21-30-23-48-34(38-30)14-13-33(43)35(46-26(3)41)36(47-27(4)42)37(44)40-15-7-12-32(40)29-11-6-10-28(20-29)22-39-16-18-45-19-17-39/h5-6,8-11,20,23,32,35-36H,7,12-19,21-22H2,1-4H3/t32?,35-,36+/m0/s1. The molecule has 3 atom stereocenters. The first-order chi connectivity index (χ1) is 23.1. The van der Waals surface area contributed by atoms with Crippen LogP contribution >= 0.6 is 11.3 Å². The van der Waals surface area contributed by atoms with Gasteiger partial charge in [-0.15, -0.1) is 11.3 Å². The smallest absolute Gasteiger partial charge is 0.303 e. The van der Waals surface area contributed by atoms with E-state index in [2.05, 4.69) is 43.0 Å². The van der Waals surface area contributed by atoms with Crippen LogP contribution in [-0.4, -0.2) is 83.5 Å². The molecule has 11 heteroatoms. The molecule has 1 aromatic heterocycles. The Labute approximate surface area is 286 Å². The predicted molar refractivity (Wildman–Crippen MR) is 181 cm³/mol. The van der Waals surface area contributed by atoms with Crippen molar-refractivity contribution in [2.45, 2.75) is 84.6 Å². The van der Waals surface area contributed by atoms with Crippen molar-refractivity contribution >= 4 is 35.0 Å². The molecular weight excluding hydrogens is 630 g/mol. The minimum absolute atomic E-state index is 0.0354. The van der Waals surface area contributed by atoms with Gasteiger partial charge in [0.2, 0.25) is 12.2 Å². The van der Waals surface area contributed by atoms with Gasteiger partial charge in [0.25, 0.3) is 5.91 Å². The largest absolute Gasteiger partial charge is 0.450 e. The van der Waals surface area contributed by atoms with Gasteiger partial charge in [-0.3, -0.25) is 24.1 Å². The second kappa shape index (κ2) is 16.5. The van der Waals surface area contributed by atoms with Crippen molar-refractivity contribution in [3.63, 3.8) is 0 Å². The molecule has 48 heavy (non-hydrogen) atoms. The number of hydrogen-bond donors (Lipinski definition) is 0. The Morgan fingerprint density at radius 3 is 2.35 bits per heavy atom. The number of likely N-dealkylation sites (tertiary alicyclic amines) is 1. The summed E-state index contributed by atoms with van der Waals surface area (Å²) in [5.41, 5.74) is 6.66. The molecule has 2 aromatic carbocycles. The second-order valence-electron chi connectivity index (χ2n) is 12.6. The van der Waals surface area contributed by atoms with Crippen LogP contribution in [0, 0.1) is 13.8 Å². The van der Waals surface area contributed by atoms with Crippen LogP contribution < -0.4 is 0 Å². The fourth-order valence-electron chi connectivity index (χ4n) is 6.58. The lowest BCUT2D eigenvalue weighted by Gasteiger charge is -2.32. The maximum absolute atomic E-state index is 14.2. The van der Waals surface area contributed by atoms with Gasteiger partial charge in [-0.2, -0.15) is 0 Å². The van der Waals surface area contributed by atoms with E-state index in [1.807, 2.05) is 23.6 Å². The van der Waals surface area contributed by atoms with Crippen molar-refractivity contribution in [1.82, 2.24) is 14.8 Å². The van der Waals surface area contributed by atoms with Crippen LogP contribution in [-0.2, 0) is 52.8 Å². The Morgan fingerprint density at radius 2 is 1.65 bits per heavy atom. The predicted octanol–water partition coefficient (Wildman–Crippen LogP) is 4.91. The van der Waals surface area contributed by atoms with Crippen LogP contribution in [0.1, 0.15) is 77.7 Å². The highest BCUT2D eigenvalue weighted by molar-refractivity contribution is 7.09. The number of esters is 2. The Balaban J connectivity index is 1.30. The van der Waals surface area contributed by atoms with E-state index in [9.17, 15) is 19.2 Å². The lowest BCUT2D eigenvalue weighted by molar-refractivity contribution is -0.177. The van der Waals surface area contributed by atoms with E-state index >= 15 is 0 Å². The third-order valence-corrected chi connectivity index (χ3v) is 9.95. The molecule has 2 aliphatic heterocycles. The monoisotopic (exact) mass is 675 g/mol. The molecule has 0 saturated carbocycles. The van der Waals surface area contributed by atoms with Gasteiger partial charge >= 0.3 is 11.9 Å². The molecule has 3 heterocycles. The van der Waals surface area contributed by atoms with E-state index < -0.39 is 35.8 Å². The van der Waals surface area contributed by atoms with Crippen molar-refractivity contribution in [2.75, 3.05) is 32.8 Å². The van der Waals surface area contributed by atoms with Crippen molar-refractivity contribution in [1.29, 1.82) is 0 Å². The number of rotatable bonds is 13. The normalized spacial score (nSPS) is 17.9. The fourth-order valence-corrected chi connectivity index (χ4v) is 7.38. The summed E-state index contributed by atoms with van der Waals surface area (Å²) in [6, 6.07) is 14.1. The zero-order valence-electron chi connectivity index (χ0n) is 28.2. The number of morpholine rings is 1. The van der Waals surface area contributed by atoms with Gasteiger partial charge in [0.05, 0.1) is 30.0 Å². The average Bonchev–Trinajstić information content (AvgIpc) is 3.74. The van der Waals surface area contributed by atoms with Gasteiger partial charge in [0, 0.05) is 64.7 Å². The van der Waals surface area contributed by atoms with Crippen LogP contribution in [0.4, 0.5) is 0 Å². The maximum Gasteiger partial charge on any atom is 0.303 e. The number of hydrogen-bond acceptors (Lipinski definition) is 10. The van der Waals surface area contributed by atoms with Crippen molar-refractivity contribution in [2.24, 2.45) is 0 Å². The van der Waals surface area contributed by atoms with Crippen molar-refractivity contribution in [3.8, 4) is 0 Å². The molecule has 3 aromatic rings. The van der Waals surface area contributed by atoms with E-state index in [1.165, 1.54) is 41.9 Å². The molecule has 2 aliphatic rings. The minimum atomic E-state index is -1.59. The van der Waals surface area contributed by atoms with E-state index in [0.29, 0.717) is 32.6 Å². The first-order valence-corrected chi connectivity index (χ1v) is 17.5. The first-order valence-electron chi connectivity index (χ1n) is 16.6. The SMILES string of the molecule is CC(=O)O[C@@H](C(=O)CCc1nc(Cc2c(C)cccc2C)cs1)[C@@H](OC(C)=O)C(=O)N1CCCC1c1cccc(CN2CCOCC2)c1. The highest BCUT2D eigenvalue weighted by Crippen LogP contribution is 2.34. The molecule has 2 saturated heterocycles. The van der Waals surface area contributed by atoms with Gasteiger partial charge in [-0.1, -0.05) is 42.5 Å². The molecule has 0 spiro atoms. The lowest BCUT2D eigenvalue weighted by Crippen LogP contribution is -2.51. The van der Waals surface area contributed by atoms with Crippen LogP contribution in [0.3, 0.4) is 0 Å². The highest BCUT2D eigenvalue weighted by atomic mass is 32.1. The summed E-state index contributed by atoms with van der Waals surface area (Å²) in [5, 5.41) is 2.75. The molecular formula is C37H45N3O7S. The number of aryl methyl sites for hydroxylation is 3. The molecule has 256 valence electrons. The molecule has 1 amide bonds. The zero-order valence-corrected chi connectivity index (χ0v) is 29.1. The van der Waals surface area contributed by atoms with E-state index in [4.69, 9.17) is 19.2 Å². The average molecular weight is 676 g/mol. The summed E-state index contributed by atoms with van der Waals surface area (Å²) in [4.78, 5) is 61.1. The van der Waals surface area contributed by atoms with E-state index in [-0.39, 0.29) is 12.5 Å². The summed E-state index contributed by atoms with van der Waals surface area (Å²) in [6.07, 6.45) is -0.732. The Hall–Kier alpha value is -3.93. The minimum Gasteiger partial charge on any atom is -0.450 e. The number of carbonyl (C=O) groups excluding carboxylic acids is 4. The summed E-state index contributed by atoms with van der Waals surface area (Å²) in [7, 11) is 0. The van der Waals surface area contributed by atoms with Gasteiger partial charge in [-0.05, 0) is 54.5 Å². The van der Waals surface area contributed by atoms with E-state index in [1.54, 1.807) is 4.90 Å². The van der Waals surface area contributed by atoms with Crippen molar-refractivity contribution in [3.05, 3.63) is 86.4 Å². The Kier molecular flexibility index (Phi) is 12.1. The molecule has 1 unspecified atom stereocenters. The lowest BCUT2D eigenvalue weighted by atomic mass is 9.99. The number of nitrogens with zero attached hydrogens (tertiary/aromatic N) is 3. The maximum atomic E-state index is 14.2. The fraction of sp³-hybridized carbons (Fsp3) is 0.486. The summed E-state index contributed by atoms with van der Waals surface area (Å²) in [6.45, 7) is 10.9. The van der Waals surface area contributed by atoms with E-state index in [0.717, 1.165) is 54.3 Å². The zero-order chi connectivity index (χ0) is 34.2. The van der Waals surface area contributed by atoms with Gasteiger partial charge in [0.1, 0.15) is 0 Å². The molecule has 10 nitrogen and oxygen atoms in total. The van der Waals surface area contributed by atoms with Gasteiger partial charge in [-0.25, -0.2) is 4.98 Å². The highest BCUT2D eigenvalue weighted by Gasteiger charge is 2.44. The summed E-state index contributed by atoms with van der Waals surface area (Å²) in [5.74, 6) is -2.52. The van der Waals surface area contributed by atoms with Crippen molar-refractivity contribution < 1.29 is 33.4 Å².